The molecular weight excluding hydrogens is 362 g/mol. The maximum absolute atomic E-state index is 12.6. The SMILES string of the molecule is Cc1nc2c3ccccc3nn2c(C)c1CCC(=O)NC1CCN(C(C)C)CC1. The van der Waals surface area contributed by atoms with E-state index in [-0.39, 0.29) is 5.91 Å². The van der Waals surface area contributed by atoms with Crippen LogP contribution in [0.15, 0.2) is 24.3 Å². The molecule has 0 spiro atoms. The molecule has 4 rings (SSSR count). The van der Waals surface area contributed by atoms with Gasteiger partial charge in [0.15, 0.2) is 5.65 Å². The van der Waals surface area contributed by atoms with Gasteiger partial charge < -0.3 is 10.2 Å². The third-order valence-electron chi connectivity index (χ3n) is 6.25. The molecule has 1 amide bonds. The molecule has 154 valence electrons. The van der Waals surface area contributed by atoms with Gasteiger partial charge in [-0.3, -0.25) is 4.79 Å². The van der Waals surface area contributed by atoms with E-state index in [1.54, 1.807) is 0 Å². The van der Waals surface area contributed by atoms with Crippen LogP contribution < -0.4 is 5.32 Å². The molecule has 0 bridgehead atoms. The number of carbonyl (C=O) groups is 1. The van der Waals surface area contributed by atoms with Crippen molar-refractivity contribution in [1.82, 2.24) is 24.8 Å². The van der Waals surface area contributed by atoms with E-state index >= 15 is 0 Å². The lowest BCUT2D eigenvalue weighted by Gasteiger charge is -2.34. The van der Waals surface area contributed by atoms with Gasteiger partial charge in [0.25, 0.3) is 0 Å². The van der Waals surface area contributed by atoms with E-state index in [1.165, 1.54) is 0 Å². The van der Waals surface area contributed by atoms with E-state index in [0.29, 0.717) is 24.9 Å². The van der Waals surface area contributed by atoms with Crippen LogP contribution in [-0.2, 0) is 11.2 Å². The van der Waals surface area contributed by atoms with Crippen LogP contribution in [0.5, 0.6) is 0 Å². The first kappa shape index (κ1) is 19.8. The minimum absolute atomic E-state index is 0.137. The first-order valence-electron chi connectivity index (χ1n) is 10.7. The van der Waals surface area contributed by atoms with E-state index in [1.807, 2.05) is 29.6 Å². The lowest BCUT2D eigenvalue weighted by Crippen LogP contribution is -2.46. The van der Waals surface area contributed by atoms with Crippen molar-refractivity contribution in [2.24, 2.45) is 0 Å². The average molecular weight is 394 g/mol. The van der Waals surface area contributed by atoms with Crippen LogP contribution in [0.1, 0.15) is 50.1 Å². The van der Waals surface area contributed by atoms with Crippen molar-refractivity contribution in [2.45, 2.75) is 65.5 Å². The second-order valence-electron chi connectivity index (χ2n) is 8.49. The number of rotatable bonds is 5. The van der Waals surface area contributed by atoms with E-state index in [2.05, 4.69) is 37.1 Å². The molecule has 0 aliphatic carbocycles. The summed E-state index contributed by atoms with van der Waals surface area (Å²) in [5.41, 5.74) is 5.02. The number of hydrogen-bond acceptors (Lipinski definition) is 4. The normalized spacial score (nSPS) is 16.2. The van der Waals surface area contributed by atoms with Crippen molar-refractivity contribution in [3.05, 3.63) is 41.2 Å². The summed E-state index contributed by atoms with van der Waals surface area (Å²) in [7, 11) is 0. The molecule has 0 saturated carbocycles. The molecule has 1 aliphatic heterocycles. The van der Waals surface area contributed by atoms with Gasteiger partial charge in [-0.25, -0.2) is 9.50 Å². The van der Waals surface area contributed by atoms with Crippen LogP contribution in [0.25, 0.3) is 16.6 Å². The Morgan fingerprint density at radius 3 is 2.66 bits per heavy atom. The van der Waals surface area contributed by atoms with Crippen LogP contribution in [0.3, 0.4) is 0 Å². The Bertz CT molecular complexity index is 1030. The van der Waals surface area contributed by atoms with E-state index in [0.717, 1.165) is 59.4 Å². The molecule has 1 fully saturated rings. The number of amides is 1. The average Bonchev–Trinajstić information content (AvgIpc) is 3.07. The van der Waals surface area contributed by atoms with Gasteiger partial charge in [-0.05, 0) is 64.7 Å². The molecule has 1 saturated heterocycles. The highest BCUT2D eigenvalue weighted by Gasteiger charge is 2.22. The zero-order valence-corrected chi connectivity index (χ0v) is 17.9. The highest BCUT2D eigenvalue weighted by atomic mass is 16.1. The number of nitrogens with zero attached hydrogens (tertiary/aromatic N) is 4. The van der Waals surface area contributed by atoms with Crippen LogP contribution in [0.2, 0.25) is 0 Å². The van der Waals surface area contributed by atoms with Crippen molar-refractivity contribution in [3.8, 4) is 0 Å². The fraction of sp³-hybridized carbons (Fsp3) is 0.522. The fourth-order valence-electron chi connectivity index (χ4n) is 4.44. The molecule has 0 atom stereocenters. The van der Waals surface area contributed by atoms with Crippen molar-refractivity contribution >= 4 is 22.5 Å². The minimum atomic E-state index is 0.137. The van der Waals surface area contributed by atoms with Gasteiger partial charge in [-0.1, -0.05) is 12.1 Å². The number of aryl methyl sites for hydroxylation is 2. The predicted octanol–water partition coefficient (Wildman–Crippen LogP) is 3.42. The molecule has 1 N–H and O–H groups in total. The quantitative estimate of drug-likeness (QED) is 0.721. The smallest absolute Gasteiger partial charge is 0.220 e. The summed E-state index contributed by atoms with van der Waals surface area (Å²) in [4.78, 5) is 19.8. The Balaban J connectivity index is 1.43. The zero-order chi connectivity index (χ0) is 20.5. The Morgan fingerprint density at radius 1 is 1.21 bits per heavy atom. The Morgan fingerprint density at radius 2 is 1.93 bits per heavy atom. The Labute approximate surface area is 172 Å². The Hall–Kier alpha value is -2.47. The zero-order valence-electron chi connectivity index (χ0n) is 17.9. The molecule has 2 aromatic heterocycles. The second-order valence-corrected chi connectivity index (χ2v) is 8.49. The van der Waals surface area contributed by atoms with E-state index in [9.17, 15) is 4.79 Å². The van der Waals surface area contributed by atoms with Crippen LogP contribution >= 0.6 is 0 Å². The first-order chi connectivity index (χ1) is 13.9. The van der Waals surface area contributed by atoms with Crippen LogP contribution in [0, 0.1) is 13.8 Å². The van der Waals surface area contributed by atoms with Gasteiger partial charge in [0.2, 0.25) is 5.91 Å². The lowest BCUT2D eigenvalue weighted by molar-refractivity contribution is -0.122. The van der Waals surface area contributed by atoms with Crippen molar-refractivity contribution < 1.29 is 4.79 Å². The number of nitrogens with one attached hydrogen (secondary N) is 1. The van der Waals surface area contributed by atoms with Crippen LogP contribution in [0.4, 0.5) is 0 Å². The largest absolute Gasteiger partial charge is 0.353 e. The van der Waals surface area contributed by atoms with Gasteiger partial charge in [0.1, 0.15) is 0 Å². The Kier molecular flexibility index (Phi) is 5.54. The summed E-state index contributed by atoms with van der Waals surface area (Å²) in [5.74, 6) is 0.137. The molecule has 6 nitrogen and oxygen atoms in total. The standard InChI is InChI=1S/C23H31N5O/c1-15(2)27-13-11-18(12-14-27)25-22(29)10-9-19-16(3)24-23-20-7-5-6-8-21(20)26-28(23)17(19)4/h5-8,15,18H,9-14H2,1-4H3,(H,25,29). The number of piperidine rings is 1. The first-order valence-corrected chi connectivity index (χ1v) is 10.7. The molecule has 3 aromatic rings. The van der Waals surface area contributed by atoms with Gasteiger partial charge in [-0.2, -0.15) is 5.10 Å². The molecule has 3 heterocycles. The number of carbonyl (C=O) groups excluding carboxylic acids is 1. The molecule has 0 radical (unpaired) electrons. The van der Waals surface area contributed by atoms with E-state index in [4.69, 9.17) is 10.1 Å². The number of aromatic nitrogens is 3. The molecule has 0 unspecified atom stereocenters. The molecule has 1 aromatic carbocycles. The fourth-order valence-corrected chi connectivity index (χ4v) is 4.44. The monoisotopic (exact) mass is 393 g/mol. The van der Waals surface area contributed by atoms with Crippen molar-refractivity contribution in [1.29, 1.82) is 0 Å². The third kappa shape index (κ3) is 3.99. The van der Waals surface area contributed by atoms with Crippen molar-refractivity contribution in [3.63, 3.8) is 0 Å². The van der Waals surface area contributed by atoms with Gasteiger partial charge >= 0.3 is 0 Å². The second kappa shape index (κ2) is 8.11. The van der Waals surface area contributed by atoms with Crippen molar-refractivity contribution in [2.75, 3.05) is 13.1 Å². The minimum Gasteiger partial charge on any atom is -0.353 e. The lowest BCUT2D eigenvalue weighted by atomic mass is 10.0. The summed E-state index contributed by atoms with van der Waals surface area (Å²) in [6.45, 7) is 10.7. The number of likely N-dealkylation sites (tertiary alicyclic amines) is 1. The predicted molar refractivity (Wildman–Crippen MR) is 116 cm³/mol. The molecule has 6 heteroatoms. The van der Waals surface area contributed by atoms with Gasteiger partial charge in [0, 0.05) is 48.4 Å². The summed E-state index contributed by atoms with van der Waals surface area (Å²) < 4.78 is 1.92. The van der Waals surface area contributed by atoms with Gasteiger partial charge in [0.05, 0.1) is 5.52 Å². The van der Waals surface area contributed by atoms with Gasteiger partial charge in [-0.15, -0.1) is 0 Å². The van der Waals surface area contributed by atoms with Crippen LogP contribution in [-0.4, -0.2) is 50.6 Å². The maximum atomic E-state index is 12.6. The summed E-state index contributed by atoms with van der Waals surface area (Å²) in [6, 6.07) is 8.96. The highest BCUT2D eigenvalue weighted by molar-refractivity contribution is 5.92. The molecular formula is C23H31N5O. The summed E-state index contributed by atoms with van der Waals surface area (Å²) in [6.07, 6.45) is 3.25. The van der Waals surface area contributed by atoms with E-state index < -0.39 is 0 Å². The third-order valence-corrected chi connectivity index (χ3v) is 6.25. The topological polar surface area (TPSA) is 62.5 Å². The summed E-state index contributed by atoms with van der Waals surface area (Å²) in [5, 5.41) is 9.01. The highest BCUT2D eigenvalue weighted by Crippen LogP contribution is 2.23. The maximum Gasteiger partial charge on any atom is 0.220 e. The molecule has 29 heavy (non-hydrogen) atoms. The number of hydrogen-bond donors (Lipinski definition) is 1. The number of benzene rings is 1. The molecule has 1 aliphatic rings. The number of fused-ring (bicyclic) bond motifs is 3. The summed E-state index contributed by atoms with van der Waals surface area (Å²) >= 11 is 0.